The van der Waals surface area contributed by atoms with Crippen molar-refractivity contribution in [2.45, 2.75) is 19.9 Å². The van der Waals surface area contributed by atoms with Crippen molar-refractivity contribution in [3.8, 4) is 11.5 Å². The van der Waals surface area contributed by atoms with Crippen molar-refractivity contribution < 1.29 is 14.3 Å². The van der Waals surface area contributed by atoms with E-state index in [-0.39, 0.29) is 5.91 Å². The van der Waals surface area contributed by atoms with Crippen LogP contribution < -0.4 is 14.3 Å². The fourth-order valence-corrected chi connectivity index (χ4v) is 4.98. The van der Waals surface area contributed by atoms with E-state index in [1.807, 2.05) is 22.8 Å². The fourth-order valence-electron chi connectivity index (χ4n) is 2.54. The molecule has 3 aromatic rings. The predicted molar refractivity (Wildman–Crippen MR) is 105 cm³/mol. The lowest BCUT2D eigenvalue weighted by Crippen LogP contribution is -2.17. The van der Waals surface area contributed by atoms with Gasteiger partial charge in [0, 0.05) is 6.54 Å². The largest absolute Gasteiger partial charge is 0.495 e. The number of hydrogen-bond donors (Lipinski definition) is 0. The average molecular weight is 441 g/mol. The van der Waals surface area contributed by atoms with E-state index in [9.17, 15) is 4.79 Å². The highest BCUT2D eigenvalue weighted by Crippen LogP contribution is 2.35. The van der Waals surface area contributed by atoms with E-state index in [1.165, 1.54) is 22.7 Å². The summed E-state index contributed by atoms with van der Waals surface area (Å²) in [7, 11) is 3.27. The number of thiazole rings is 1. The lowest BCUT2D eigenvalue weighted by molar-refractivity contribution is 0.100. The van der Waals surface area contributed by atoms with Crippen molar-refractivity contribution >= 4 is 54.7 Å². The highest BCUT2D eigenvalue weighted by Gasteiger charge is 2.16. The molecule has 0 aliphatic carbocycles. The van der Waals surface area contributed by atoms with Gasteiger partial charge >= 0.3 is 0 Å². The van der Waals surface area contributed by atoms with Crippen LogP contribution in [-0.2, 0) is 6.54 Å². The lowest BCUT2D eigenvalue weighted by atomic mass is 10.3. The zero-order chi connectivity index (χ0) is 18.0. The van der Waals surface area contributed by atoms with E-state index in [1.54, 1.807) is 20.3 Å². The maximum atomic E-state index is 12.5. The van der Waals surface area contributed by atoms with Gasteiger partial charge < -0.3 is 14.0 Å². The van der Waals surface area contributed by atoms with Crippen LogP contribution in [0, 0.1) is 0 Å². The molecule has 0 N–H and O–H groups in total. The van der Waals surface area contributed by atoms with Crippen molar-refractivity contribution in [3.05, 3.63) is 37.7 Å². The number of methoxy groups -OCH3 is 2. The Labute approximate surface area is 161 Å². The Morgan fingerprint density at radius 2 is 1.88 bits per heavy atom. The van der Waals surface area contributed by atoms with Gasteiger partial charge in [-0.2, -0.15) is 4.99 Å². The van der Waals surface area contributed by atoms with Gasteiger partial charge in [-0.3, -0.25) is 4.79 Å². The van der Waals surface area contributed by atoms with E-state index in [4.69, 9.17) is 9.47 Å². The molecule has 0 spiro atoms. The van der Waals surface area contributed by atoms with Crippen LogP contribution in [0.2, 0.25) is 0 Å². The minimum absolute atomic E-state index is 0.245. The van der Waals surface area contributed by atoms with E-state index in [2.05, 4.69) is 27.8 Å². The molecule has 0 fully saturated rings. The molecule has 5 nitrogen and oxygen atoms in total. The minimum atomic E-state index is -0.245. The summed E-state index contributed by atoms with van der Waals surface area (Å²) in [5.74, 6) is 1.25. The summed E-state index contributed by atoms with van der Waals surface area (Å²) in [6.07, 6.45) is 0.915. The van der Waals surface area contributed by atoms with Crippen molar-refractivity contribution in [1.82, 2.24) is 4.57 Å². The van der Waals surface area contributed by atoms with Crippen molar-refractivity contribution in [3.63, 3.8) is 0 Å². The number of rotatable bonds is 5. The monoisotopic (exact) mass is 440 g/mol. The van der Waals surface area contributed by atoms with Gasteiger partial charge in [0.05, 0.1) is 22.9 Å². The number of benzene rings is 1. The van der Waals surface area contributed by atoms with Crippen molar-refractivity contribution in [2.24, 2.45) is 4.99 Å². The highest BCUT2D eigenvalue weighted by atomic mass is 79.9. The molecule has 2 heterocycles. The molecule has 0 saturated heterocycles. The van der Waals surface area contributed by atoms with Gasteiger partial charge in [0.25, 0.3) is 5.91 Å². The molecule has 2 aromatic heterocycles. The number of thiophene rings is 1. The Morgan fingerprint density at radius 3 is 2.48 bits per heavy atom. The Bertz CT molecular complexity index is 988. The smallest absolute Gasteiger partial charge is 0.289 e. The van der Waals surface area contributed by atoms with Gasteiger partial charge in [-0.1, -0.05) is 18.3 Å². The van der Waals surface area contributed by atoms with E-state index < -0.39 is 0 Å². The predicted octanol–water partition coefficient (Wildman–Crippen LogP) is 4.70. The first-order valence-electron chi connectivity index (χ1n) is 7.67. The Morgan fingerprint density at radius 1 is 1.16 bits per heavy atom. The Balaban J connectivity index is 2.25. The van der Waals surface area contributed by atoms with Crippen molar-refractivity contribution in [2.75, 3.05) is 14.2 Å². The van der Waals surface area contributed by atoms with Crippen LogP contribution in [0.3, 0.4) is 0 Å². The second-order valence-corrected chi connectivity index (χ2v) is 8.65. The number of hydrogen-bond acceptors (Lipinski definition) is 5. The summed E-state index contributed by atoms with van der Waals surface area (Å²) >= 11 is 6.19. The van der Waals surface area contributed by atoms with Crippen LogP contribution in [0.15, 0.2) is 33.0 Å². The molecule has 1 amide bonds. The number of amides is 1. The summed E-state index contributed by atoms with van der Waals surface area (Å²) in [6, 6.07) is 7.38. The zero-order valence-corrected chi connectivity index (χ0v) is 17.3. The van der Waals surface area contributed by atoms with Crippen LogP contribution in [0.4, 0.5) is 0 Å². The van der Waals surface area contributed by atoms with Gasteiger partial charge in [-0.05, 0) is 46.6 Å². The average Bonchev–Trinajstić information content (AvgIpc) is 3.19. The van der Waals surface area contributed by atoms with Crippen LogP contribution >= 0.6 is 38.6 Å². The first-order valence-corrected chi connectivity index (χ1v) is 10.1. The summed E-state index contributed by atoms with van der Waals surface area (Å²) in [4.78, 5) is 18.1. The van der Waals surface area contributed by atoms with E-state index >= 15 is 0 Å². The van der Waals surface area contributed by atoms with Gasteiger partial charge in [-0.15, -0.1) is 11.3 Å². The molecule has 8 heteroatoms. The third kappa shape index (κ3) is 3.51. The van der Waals surface area contributed by atoms with Gasteiger partial charge in [0.2, 0.25) is 0 Å². The summed E-state index contributed by atoms with van der Waals surface area (Å²) in [6.45, 7) is 2.83. The molecule has 1 aromatic carbocycles. The van der Waals surface area contributed by atoms with Crippen molar-refractivity contribution in [1.29, 1.82) is 0 Å². The fraction of sp³-hybridized carbons (Fsp3) is 0.294. The summed E-state index contributed by atoms with van der Waals surface area (Å²) in [5.41, 5.74) is 0.910. The first kappa shape index (κ1) is 18.2. The number of halogens is 1. The van der Waals surface area contributed by atoms with Crippen LogP contribution in [-0.4, -0.2) is 24.7 Å². The first-order chi connectivity index (χ1) is 12.1. The number of carbonyl (C=O) groups excluding carboxylic acids is 1. The number of carbonyl (C=O) groups is 1. The molecule has 0 radical (unpaired) electrons. The zero-order valence-electron chi connectivity index (χ0n) is 14.0. The number of nitrogens with zero attached hydrogens (tertiary/aromatic N) is 2. The lowest BCUT2D eigenvalue weighted by Gasteiger charge is -2.09. The van der Waals surface area contributed by atoms with Gasteiger partial charge in [0.15, 0.2) is 4.80 Å². The second kappa shape index (κ2) is 7.72. The summed E-state index contributed by atoms with van der Waals surface area (Å²) in [5, 5.41) is 0. The third-order valence-electron chi connectivity index (χ3n) is 3.62. The molecule has 0 unspecified atom stereocenters. The molecule has 0 aliphatic heterocycles. The maximum Gasteiger partial charge on any atom is 0.289 e. The van der Waals surface area contributed by atoms with Crippen LogP contribution in [0.5, 0.6) is 11.5 Å². The molecule has 0 atom stereocenters. The molecule has 25 heavy (non-hydrogen) atoms. The van der Waals surface area contributed by atoms with Crippen LogP contribution in [0.25, 0.3) is 10.2 Å². The molecule has 132 valence electrons. The molecule has 3 rings (SSSR count). The van der Waals surface area contributed by atoms with Gasteiger partial charge in [-0.25, -0.2) is 0 Å². The molecular formula is C17H17BrN2O3S2. The van der Waals surface area contributed by atoms with Crippen LogP contribution in [0.1, 0.15) is 23.0 Å². The molecule has 0 saturated carbocycles. The number of aromatic nitrogens is 1. The molecule has 0 bridgehead atoms. The second-order valence-electron chi connectivity index (χ2n) is 5.20. The van der Waals surface area contributed by atoms with E-state index in [0.29, 0.717) is 9.68 Å². The minimum Gasteiger partial charge on any atom is -0.495 e. The number of ether oxygens (including phenoxy) is 2. The third-order valence-corrected chi connectivity index (χ3v) is 6.33. The molecule has 0 aliphatic rings. The topological polar surface area (TPSA) is 52.8 Å². The quantitative estimate of drug-likeness (QED) is 0.577. The van der Waals surface area contributed by atoms with Gasteiger partial charge in [0.1, 0.15) is 21.7 Å². The highest BCUT2D eigenvalue weighted by molar-refractivity contribution is 9.11. The standard InChI is InChI=1S/C17H17BrN2O3S2/c1-4-9-20-14-10(22-2)5-6-11(23-3)15(14)25-17(20)19-16(21)12-7-8-13(18)24-12/h5-8H,4,9H2,1-3H3. The molecular weight excluding hydrogens is 424 g/mol. The Kier molecular flexibility index (Phi) is 5.61. The SMILES string of the molecule is CCCn1c(=NC(=O)c2ccc(Br)s2)sc2c(OC)ccc(OC)c21. The number of fused-ring (bicyclic) bond motifs is 1. The number of aryl methyl sites for hydroxylation is 1. The summed E-state index contributed by atoms with van der Waals surface area (Å²) < 4.78 is 14.9. The maximum absolute atomic E-state index is 12.5. The normalized spacial score (nSPS) is 11.9. The Hall–Kier alpha value is -1.64. The van der Waals surface area contributed by atoms with E-state index in [0.717, 1.165) is 38.5 Å².